The van der Waals surface area contributed by atoms with Crippen molar-refractivity contribution >= 4 is 5.65 Å². The van der Waals surface area contributed by atoms with Crippen molar-refractivity contribution in [1.82, 2.24) is 14.6 Å². The van der Waals surface area contributed by atoms with Crippen molar-refractivity contribution < 1.29 is 17.9 Å². The molecule has 0 amide bonds. The van der Waals surface area contributed by atoms with Crippen LogP contribution in [-0.4, -0.2) is 20.7 Å². The van der Waals surface area contributed by atoms with Crippen LogP contribution in [0, 0.1) is 0 Å². The van der Waals surface area contributed by atoms with Crippen LogP contribution in [0.25, 0.3) is 16.8 Å². The van der Waals surface area contributed by atoms with E-state index in [1.165, 1.54) is 16.9 Å². The Hall–Kier alpha value is -2.57. The van der Waals surface area contributed by atoms with Gasteiger partial charge in [-0.3, -0.25) is 0 Å². The maximum absolute atomic E-state index is 13.1. The molecule has 0 N–H and O–H groups in total. The third kappa shape index (κ3) is 2.99. The lowest BCUT2D eigenvalue weighted by Gasteiger charge is -2.17. The predicted octanol–water partition coefficient (Wildman–Crippen LogP) is 4.20. The van der Waals surface area contributed by atoms with Crippen LogP contribution in [0.5, 0.6) is 5.75 Å². The zero-order valence-electron chi connectivity index (χ0n) is 12.5. The lowest BCUT2D eigenvalue weighted by molar-refractivity contribution is -0.137. The fraction of sp³-hybridized carbons (Fsp3) is 0.250. The third-order valence-electron chi connectivity index (χ3n) is 3.26. The van der Waals surface area contributed by atoms with Crippen LogP contribution in [0.3, 0.4) is 0 Å². The van der Waals surface area contributed by atoms with Crippen molar-refractivity contribution in [2.45, 2.75) is 26.1 Å². The second kappa shape index (κ2) is 5.57. The van der Waals surface area contributed by atoms with Gasteiger partial charge in [0.1, 0.15) is 12.1 Å². The Balaban J connectivity index is 2.24. The first kappa shape index (κ1) is 15.3. The first-order valence-corrected chi connectivity index (χ1v) is 7.03. The average Bonchev–Trinajstić information content (AvgIpc) is 2.94. The van der Waals surface area contributed by atoms with Gasteiger partial charge in [-0.25, -0.2) is 9.50 Å². The number of ether oxygens (including phenoxy) is 1. The Kier molecular flexibility index (Phi) is 3.71. The zero-order valence-corrected chi connectivity index (χ0v) is 12.5. The van der Waals surface area contributed by atoms with E-state index in [1.807, 2.05) is 13.8 Å². The summed E-state index contributed by atoms with van der Waals surface area (Å²) in [5.74, 6) is 0.379. The molecule has 0 saturated carbocycles. The number of nitrogens with zero attached hydrogens (tertiary/aromatic N) is 3. The Morgan fingerprint density at radius 1 is 1.13 bits per heavy atom. The maximum atomic E-state index is 13.1. The van der Waals surface area contributed by atoms with Crippen molar-refractivity contribution in [1.29, 1.82) is 0 Å². The SMILES string of the molecule is CC(C)Oc1ccc(C(F)(F)F)cc1-c1cccn2ncnc12. The van der Waals surface area contributed by atoms with Gasteiger partial charge in [-0.2, -0.15) is 18.3 Å². The average molecular weight is 321 g/mol. The number of pyridine rings is 1. The molecule has 0 atom stereocenters. The van der Waals surface area contributed by atoms with Gasteiger partial charge in [0.05, 0.1) is 11.7 Å². The zero-order chi connectivity index (χ0) is 16.6. The third-order valence-corrected chi connectivity index (χ3v) is 3.26. The molecule has 2 heterocycles. The van der Waals surface area contributed by atoms with Gasteiger partial charge in [0.25, 0.3) is 0 Å². The number of hydrogen-bond acceptors (Lipinski definition) is 3. The topological polar surface area (TPSA) is 39.4 Å². The van der Waals surface area contributed by atoms with Crippen molar-refractivity contribution in [3.8, 4) is 16.9 Å². The summed E-state index contributed by atoms with van der Waals surface area (Å²) in [6.45, 7) is 3.64. The molecule has 1 aromatic carbocycles. The number of rotatable bonds is 3. The predicted molar refractivity (Wildman–Crippen MR) is 79.2 cm³/mol. The van der Waals surface area contributed by atoms with Crippen LogP contribution in [0.2, 0.25) is 0 Å². The number of alkyl halides is 3. The van der Waals surface area contributed by atoms with Crippen molar-refractivity contribution in [3.63, 3.8) is 0 Å². The van der Waals surface area contributed by atoms with E-state index in [0.717, 1.165) is 12.1 Å². The molecule has 7 heteroatoms. The molecule has 4 nitrogen and oxygen atoms in total. The van der Waals surface area contributed by atoms with Gasteiger partial charge in [-0.15, -0.1) is 0 Å². The first-order valence-electron chi connectivity index (χ1n) is 7.03. The highest BCUT2D eigenvalue weighted by Gasteiger charge is 2.31. The Bertz CT molecular complexity index is 840. The molecule has 0 saturated heterocycles. The van der Waals surface area contributed by atoms with Crippen LogP contribution >= 0.6 is 0 Å². The van der Waals surface area contributed by atoms with Gasteiger partial charge >= 0.3 is 6.18 Å². The molecular weight excluding hydrogens is 307 g/mol. The number of halogens is 3. The monoisotopic (exact) mass is 321 g/mol. The molecule has 0 aliphatic rings. The molecule has 0 aliphatic heterocycles. The van der Waals surface area contributed by atoms with Crippen LogP contribution < -0.4 is 4.74 Å². The van der Waals surface area contributed by atoms with E-state index in [4.69, 9.17) is 4.74 Å². The van der Waals surface area contributed by atoms with Gasteiger partial charge in [-0.05, 0) is 44.2 Å². The van der Waals surface area contributed by atoms with E-state index < -0.39 is 11.7 Å². The number of aromatic nitrogens is 3. The first-order chi connectivity index (χ1) is 10.9. The fourth-order valence-corrected chi connectivity index (χ4v) is 2.33. The van der Waals surface area contributed by atoms with Crippen LogP contribution in [0.1, 0.15) is 19.4 Å². The van der Waals surface area contributed by atoms with Gasteiger partial charge in [0.2, 0.25) is 0 Å². The Labute approximate surface area is 130 Å². The van der Waals surface area contributed by atoms with Gasteiger partial charge < -0.3 is 4.74 Å². The highest BCUT2D eigenvalue weighted by molar-refractivity contribution is 5.81. The second-order valence-corrected chi connectivity index (χ2v) is 5.33. The fourth-order valence-electron chi connectivity index (χ4n) is 2.33. The molecule has 0 aliphatic carbocycles. The van der Waals surface area contributed by atoms with E-state index in [1.54, 1.807) is 18.3 Å². The van der Waals surface area contributed by atoms with Crippen molar-refractivity contribution in [2.75, 3.05) is 0 Å². The summed E-state index contributed by atoms with van der Waals surface area (Å²) in [5, 5.41) is 4.01. The largest absolute Gasteiger partial charge is 0.490 e. The second-order valence-electron chi connectivity index (χ2n) is 5.33. The molecule has 3 aromatic rings. The molecule has 0 bridgehead atoms. The minimum Gasteiger partial charge on any atom is -0.490 e. The van der Waals surface area contributed by atoms with E-state index in [-0.39, 0.29) is 6.10 Å². The van der Waals surface area contributed by atoms with E-state index in [9.17, 15) is 13.2 Å². The molecule has 0 unspecified atom stereocenters. The number of hydrogen-bond donors (Lipinski definition) is 0. The number of benzene rings is 1. The smallest absolute Gasteiger partial charge is 0.416 e. The molecule has 0 fully saturated rings. The molecule has 120 valence electrons. The van der Waals surface area contributed by atoms with E-state index >= 15 is 0 Å². The summed E-state index contributed by atoms with van der Waals surface area (Å²) in [6.07, 6.45) is -1.55. The molecular formula is C16H14F3N3O. The van der Waals surface area contributed by atoms with Crippen molar-refractivity contribution in [3.05, 3.63) is 48.4 Å². The van der Waals surface area contributed by atoms with E-state index in [0.29, 0.717) is 22.5 Å². The maximum Gasteiger partial charge on any atom is 0.416 e. The summed E-state index contributed by atoms with van der Waals surface area (Å²) in [5.41, 5.74) is 0.615. The summed E-state index contributed by atoms with van der Waals surface area (Å²) in [6, 6.07) is 6.86. The highest BCUT2D eigenvalue weighted by Crippen LogP contribution is 2.38. The molecule has 0 radical (unpaired) electrons. The van der Waals surface area contributed by atoms with Crippen LogP contribution in [-0.2, 0) is 6.18 Å². The summed E-state index contributed by atoms with van der Waals surface area (Å²) < 4.78 is 46.4. The molecule has 23 heavy (non-hydrogen) atoms. The summed E-state index contributed by atoms with van der Waals surface area (Å²) in [4.78, 5) is 4.12. The highest BCUT2D eigenvalue weighted by atomic mass is 19.4. The molecule has 3 rings (SSSR count). The van der Waals surface area contributed by atoms with E-state index in [2.05, 4.69) is 10.1 Å². The summed E-state index contributed by atoms with van der Waals surface area (Å²) in [7, 11) is 0. The standard InChI is InChI=1S/C16H14F3N3O/c1-10(2)23-14-6-5-11(16(17,18)19)8-13(14)12-4-3-7-22-15(12)20-9-21-22/h3-10H,1-2H3. The van der Waals surface area contributed by atoms with Gasteiger partial charge in [-0.1, -0.05) is 0 Å². The minimum absolute atomic E-state index is 0.164. The number of fused-ring (bicyclic) bond motifs is 1. The molecule has 2 aromatic heterocycles. The van der Waals surface area contributed by atoms with Crippen molar-refractivity contribution in [2.24, 2.45) is 0 Å². The van der Waals surface area contributed by atoms with Gasteiger partial charge in [0.15, 0.2) is 5.65 Å². The lowest BCUT2D eigenvalue weighted by atomic mass is 10.0. The van der Waals surface area contributed by atoms with Crippen LogP contribution in [0.15, 0.2) is 42.9 Å². The Morgan fingerprint density at radius 3 is 2.61 bits per heavy atom. The normalized spacial score (nSPS) is 12.1. The quantitative estimate of drug-likeness (QED) is 0.726. The minimum atomic E-state index is -4.43. The van der Waals surface area contributed by atoms with Crippen LogP contribution in [0.4, 0.5) is 13.2 Å². The molecule has 0 spiro atoms. The van der Waals surface area contributed by atoms with Gasteiger partial charge in [0, 0.05) is 17.3 Å². The lowest BCUT2D eigenvalue weighted by Crippen LogP contribution is -2.09. The Morgan fingerprint density at radius 2 is 1.91 bits per heavy atom. The summed E-state index contributed by atoms with van der Waals surface area (Å²) >= 11 is 0.